The lowest BCUT2D eigenvalue weighted by Crippen LogP contribution is -2.17. The molecule has 0 aliphatic rings. The monoisotopic (exact) mass is 356 g/mol. The molecule has 3 rings (SSSR count). The van der Waals surface area contributed by atoms with Gasteiger partial charge in [0, 0.05) is 31.0 Å². The zero-order valence-electron chi connectivity index (χ0n) is 14.3. The lowest BCUT2D eigenvalue weighted by atomic mass is 10.1. The number of amides is 1. The summed E-state index contributed by atoms with van der Waals surface area (Å²) in [6.45, 7) is 4.55. The highest BCUT2D eigenvalue weighted by Gasteiger charge is 2.06. The number of nitrogens with zero attached hydrogens (tertiary/aromatic N) is 4. The number of rotatable bonds is 6. The van der Waals surface area contributed by atoms with E-state index in [9.17, 15) is 4.79 Å². The van der Waals surface area contributed by atoms with Gasteiger partial charge < -0.3 is 9.09 Å². The first-order valence-electron chi connectivity index (χ1n) is 8.16. The molecule has 6 nitrogen and oxygen atoms in total. The molecule has 0 saturated heterocycles. The van der Waals surface area contributed by atoms with Crippen LogP contribution in [0.15, 0.2) is 45.4 Å². The molecule has 3 aromatic rings. The Bertz CT molecular complexity index is 906. The Balaban J connectivity index is 1.60. The van der Waals surface area contributed by atoms with Crippen LogP contribution in [0.2, 0.25) is 0 Å². The standard InChI is InChI=1S/C18H20N4O2S/c1-13-6-8-15(9-7-13)12-22-10-11-25-18(22)20-16(23)4-3-5-17-19-14(2)21-24-17/h6-11H,3-5,12H2,1-2H3. The van der Waals surface area contributed by atoms with E-state index in [0.29, 0.717) is 37.5 Å². The van der Waals surface area contributed by atoms with Crippen molar-refractivity contribution in [3.8, 4) is 0 Å². The van der Waals surface area contributed by atoms with Crippen molar-refractivity contribution >= 4 is 17.2 Å². The topological polar surface area (TPSA) is 73.3 Å². The first-order valence-corrected chi connectivity index (χ1v) is 9.04. The summed E-state index contributed by atoms with van der Waals surface area (Å²) >= 11 is 1.47. The average molecular weight is 356 g/mol. The molecule has 0 atom stereocenters. The van der Waals surface area contributed by atoms with Gasteiger partial charge in [0.2, 0.25) is 11.8 Å². The second-order valence-electron chi connectivity index (χ2n) is 5.89. The van der Waals surface area contributed by atoms with E-state index in [1.807, 2.05) is 16.1 Å². The maximum absolute atomic E-state index is 12.1. The van der Waals surface area contributed by atoms with E-state index >= 15 is 0 Å². The molecular formula is C18H20N4O2S. The molecule has 2 aromatic heterocycles. The quantitative estimate of drug-likeness (QED) is 0.680. The van der Waals surface area contributed by atoms with Crippen LogP contribution in [0.4, 0.5) is 0 Å². The summed E-state index contributed by atoms with van der Waals surface area (Å²) in [5.41, 5.74) is 2.42. The molecule has 2 heterocycles. The van der Waals surface area contributed by atoms with E-state index < -0.39 is 0 Å². The average Bonchev–Trinajstić information content (AvgIpc) is 3.19. The molecule has 1 aromatic carbocycles. The molecule has 25 heavy (non-hydrogen) atoms. The summed E-state index contributed by atoms with van der Waals surface area (Å²) in [5.74, 6) is 1.05. The fourth-order valence-corrected chi connectivity index (χ4v) is 3.14. The van der Waals surface area contributed by atoms with Crippen LogP contribution in [0.25, 0.3) is 0 Å². The number of carbonyl (C=O) groups is 1. The Hall–Kier alpha value is -2.54. The van der Waals surface area contributed by atoms with Gasteiger partial charge >= 0.3 is 0 Å². The normalized spacial score (nSPS) is 11.8. The molecule has 0 N–H and O–H groups in total. The van der Waals surface area contributed by atoms with Crippen LogP contribution < -0.4 is 4.80 Å². The Morgan fingerprint density at radius 1 is 1.28 bits per heavy atom. The molecule has 0 aliphatic carbocycles. The van der Waals surface area contributed by atoms with E-state index in [1.54, 1.807) is 6.92 Å². The van der Waals surface area contributed by atoms with Crippen molar-refractivity contribution in [2.45, 2.75) is 39.7 Å². The van der Waals surface area contributed by atoms with Gasteiger partial charge in [0.05, 0.1) is 0 Å². The van der Waals surface area contributed by atoms with Crippen LogP contribution in [0.5, 0.6) is 0 Å². The van der Waals surface area contributed by atoms with Crippen molar-refractivity contribution in [1.29, 1.82) is 0 Å². The summed E-state index contributed by atoms with van der Waals surface area (Å²) in [5, 5.41) is 5.68. The lowest BCUT2D eigenvalue weighted by Gasteiger charge is -2.03. The van der Waals surface area contributed by atoms with E-state index in [2.05, 4.69) is 46.3 Å². The molecule has 0 saturated carbocycles. The van der Waals surface area contributed by atoms with Crippen LogP contribution >= 0.6 is 11.3 Å². The van der Waals surface area contributed by atoms with Gasteiger partial charge in [-0.25, -0.2) is 0 Å². The molecule has 0 fully saturated rings. The molecular weight excluding hydrogens is 336 g/mol. The minimum absolute atomic E-state index is 0.128. The van der Waals surface area contributed by atoms with Crippen LogP contribution in [-0.2, 0) is 17.8 Å². The minimum atomic E-state index is -0.128. The molecule has 130 valence electrons. The second kappa shape index (κ2) is 8.02. The Kier molecular flexibility index (Phi) is 5.55. The van der Waals surface area contributed by atoms with Gasteiger partial charge in [0.15, 0.2) is 10.6 Å². The predicted molar refractivity (Wildman–Crippen MR) is 95.1 cm³/mol. The van der Waals surface area contributed by atoms with Gasteiger partial charge in [0.1, 0.15) is 0 Å². The molecule has 0 aliphatic heterocycles. The van der Waals surface area contributed by atoms with Crippen molar-refractivity contribution in [2.75, 3.05) is 0 Å². The third kappa shape index (κ3) is 4.96. The molecule has 1 amide bonds. The van der Waals surface area contributed by atoms with Gasteiger partial charge in [-0.05, 0) is 25.8 Å². The number of aromatic nitrogens is 3. The summed E-state index contributed by atoms with van der Waals surface area (Å²) in [6, 6.07) is 8.36. The lowest BCUT2D eigenvalue weighted by molar-refractivity contribution is -0.118. The van der Waals surface area contributed by atoms with E-state index in [4.69, 9.17) is 4.52 Å². The Labute approximate surface area is 149 Å². The largest absolute Gasteiger partial charge is 0.339 e. The first-order chi connectivity index (χ1) is 12.1. The number of thiazole rings is 1. The second-order valence-corrected chi connectivity index (χ2v) is 6.77. The number of carbonyl (C=O) groups excluding carboxylic acids is 1. The Morgan fingerprint density at radius 2 is 2.08 bits per heavy atom. The van der Waals surface area contributed by atoms with E-state index in [0.717, 1.165) is 4.80 Å². The van der Waals surface area contributed by atoms with Crippen LogP contribution in [-0.4, -0.2) is 20.6 Å². The van der Waals surface area contributed by atoms with E-state index in [1.165, 1.54) is 22.5 Å². The predicted octanol–water partition coefficient (Wildman–Crippen LogP) is 3.05. The third-order valence-electron chi connectivity index (χ3n) is 3.70. The Morgan fingerprint density at radius 3 is 2.80 bits per heavy atom. The van der Waals surface area contributed by atoms with Crippen molar-refractivity contribution in [3.63, 3.8) is 0 Å². The highest BCUT2D eigenvalue weighted by atomic mass is 32.1. The zero-order valence-corrected chi connectivity index (χ0v) is 15.1. The van der Waals surface area contributed by atoms with Crippen molar-refractivity contribution in [1.82, 2.24) is 14.7 Å². The van der Waals surface area contributed by atoms with Crippen molar-refractivity contribution < 1.29 is 9.32 Å². The highest BCUT2D eigenvalue weighted by Crippen LogP contribution is 2.06. The SMILES string of the molecule is Cc1ccc(Cn2ccsc2=NC(=O)CCCc2nc(C)no2)cc1. The van der Waals surface area contributed by atoms with Gasteiger partial charge in [-0.2, -0.15) is 9.98 Å². The van der Waals surface area contributed by atoms with Gasteiger partial charge in [-0.3, -0.25) is 4.79 Å². The smallest absolute Gasteiger partial charge is 0.248 e. The van der Waals surface area contributed by atoms with Crippen molar-refractivity contribution in [3.05, 3.63) is 63.5 Å². The first kappa shape index (κ1) is 17.3. The summed E-state index contributed by atoms with van der Waals surface area (Å²) < 4.78 is 7.04. The minimum Gasteiger partial charge on any atom is -0.339 e. The number of hydrogen-bond acceptors (Lipinski definition) is 5. The number of aryl methyl sites for hydroxylation is 3. The fraction of sp³-hybridized carbons (Fsp3) is 0.333. The van der Waals surface area contributed by atoms with Gasteiger partial charge in [-0.15, -0.1) is 11.3 Å². The fourth-order valence-electron chi connectivity index (χ4n) is 2.39. The van der Waals surface area contributed by atoms with Gasteiger partial charge in [0.25, 0.3) is 0 Å². The summed E-state index contributed by atoms with van der Waals surface area (Å²) in [4.78, 5) is 21.2. The third-order valence-corrected chi connectivity index (χ3v) is 4.50. The molecule has 0 bridgehead atoms. The maximum Gasteiger partial charge on any atom is 0.248 e. The zero-order chi connectivity index (χ0) is 17.6. The summed E-state index contributed by atoms with van der Waals surface area (Å²) in [6.07, 6.45) is 3.56. The summed E-state index contributed by atoms with van der Waals surface area (Å²) in [7, 11) is 0. The molecule has 0 radical (unpaired) electrons. The van der Waals surface area contributed by atoms with Crippen molar-refractivity contribution in [2.24, 2.45) is 4.99 Å². The molecule has 7 heteroatoms. The maximum atomic E-state index is 12.1. The van der Waals surface area contributed by atoms with Crippen LogP contribution in [0.3, 0.4) is 0 Å². The number of benzene rings is 1. The van der Waals surface area contributed by atoms with Gasteiger partial charge in [-0.1, -0.05) is 35.0 Å². The number of hydrogen-bond donors (Lipinski definition) is 0. The highest BCUT2D eigenvalue weighted by molar-refractivity contribution is 7.07. The van der Waals surface area contributed by atoms with E-state index in [-0.39, 0.29) is 5.91 Å². The molecule has 0 unspecified atom stereocenters. The molecule has 0 spiro atoms. The van der Waals surface area contributed by atoms with Crippen LogP contribution in [0, 0.1) is 13.8 Å². The van der Waals surface area contributed by atoms with Crippen LogP contribution in [0.1, 0.15) is 35.7 Å².